The van der Waals surface area contributed by atoms with E-state index < -0.39 is 10.0 Å². The van der Waals surface area contributed by atoms with Crippen LogP contribution in [0.3, 0.4) is 0 Å². The Hall–Kier alpha value is -2.83. The molecule has 0 radical (unpaired) electrons. The summed E-state index contributed by atoms with van der Waals surface area (Å²) >= 11 is 5.78. The molecule has 0 aliphatic rings. The molecule has 0 aliphatic heterocycles. The first-order chi connectivity index (χ1) is 13.0. The number of hydrazone groups is 1. The van der Waals surface area contributed by atoms with Crippen molar-refractivity contribution in [2.45, 2.75) is 11.5 Å². The van der Waals surface area contributed by atoms with E-state index in [0.29, 0.717) is 22.9 Å². The Morgan fingerprint density at radius 1 is 0.926 bits per heavy atom. The molecule has 0 unspecified atom stereocenters. The average Bonchev–Trinajstić information content (AvgIpc) is 2.68. The van der Waals surface area contributed by atoms with E-state index >= 15 is 0 Å². The fraction of sp³-hybridized carbons (Fsp3) is 0.0500. The van der Waals surface area contributed by atoms with Crippen molar-refractivity contribution in [3.8, 4) is 5.75 Å². The molecule has 0 atom stereocenters. The maximum atomic E-state index is 12.2. The zero-order valence-electron chi connectivity index (χ0n) is 14.2. The highest BCUT2D eigenvalue weighted by Gasteiger charge is 2.12. The van der Waals surface area contributed by atoms with E-state index in [4.69, 9.17) is 16.3 Å². The molecule has 0 aliphatic carbocycles. The molecule has 3 aromatic rings. The number of para-hydroxylation sites is 1. The van der Waals surface area contributed by atoms with Gasteiger partial charge in [-0.1, -0.05) is 54.1 Å². The number of nitrogens with one attached hydrogen (secondary N) is 1. The summed E-state index contributed by atoms with van der Waals surface area (Å²) in [6.45, 7) is 0.405. The van der Waals surface area contributed by atoms with E-state index in [1.807, 2.05) is 42.5 Å². The zero-order valence-corrected chi connectivity index (χ0v) is 15.8. The van der Waals surface area contributed by atoms with Gasteiger partial charge in [-0.15, -0.1) is 0 Å². The summed E-state index contributed by atoms with van der Waals surface area (Å²) in [6.07, 6.45) is 1.41. The lowest BCUT2D eigenvalue weighted by atomic mass is 10.2. The Morgan fingerprint density at radius 2 is 1.59 bits per heavy atom. The van der Waals surface area contributed by atoms with Crippen molar-refractivity contribution in [2.24, 2.45) is 5.10 Å². The van der Waals surface area contributed by atoms with Gasteiger partial charge in [0.1, 0.15) is 12.4 Å². The summed E-state index contributed by atoms with van der Waals surface area (Å²) in [5.41, 5.74) is 1.69. The Morgan fingerprint density at radius 3 is 2.33 bits per heavy atom. The fourth-order valence-electron chi connectivity index (χ4n) is 2.29. The summed E-state index contributed by atoms with van der Waals surface area (Å²) in [5.74, 6) is 0.607. The minimum Gasteiger partial charge on any atom is -0.488 e. The second-order valence-corrected chi connectivity index (χ2v) is 7.72. The van der Waals surface area contributed by atoms with Gasteiger partial charge in [-0.3, -0.25) is 0 Å². The van der Waals surface area contributed by atoms with Crippen LogP contribution >= 0.6 is 11.6 Å². The van der Waals surface area contributed by atoms with Crippen molar-refractivity contribution in [1.29, 1.82) is 0 Å². The standard InChI is InChI=1S/C20H17ClN2O3S/c21-18-10-12-19(13-11-18)27(24,25)23-22-14-17-8-4-5-9-20(17)26-15-16-6-2-1-3-7-16/h1-14,23H,15H2/b22-14-. The van der Waals surface area contributed by atoms with Gasteiger partial charge in [-0.2, -0.15) is 13.5 Å². The summed E-state index contributed by atoms with van der Waals surface area (Å²) in [5, 5.41) is 4.31. The van der Waals surface area contributed by atoms with Crippen molar-refractivity contribution < 1.29 is 13.2 Å². The molecule has 0 spiro atoms. The van der Waals surface area contributed by atoms with Gasteiger partial charge in [0.2, 0.25) is 0 Å². The van der Waals surface area contributed by atoms with Crippen LogP contribution < -0.4 is 9.57 Å². The van der Waals surface area contributed by atoms with Crippen molar-refractivity contribution in [1.82, 2.24) is 4.83 Å². The molecule has 0 bridgehead atoms. The molecule has 3 aromatic carbocycles. The Balaban J connectivity index is 1.69. The van der Waals surface area contributed by atoms with E-state index in [9.17, 15) is 8.42 Å². The first-order valence-electron chi connectivity index (χ1n) is 8.11. The summed E-state index contributed by atoms with van der Waals surface area (Å²) in [6, 6.07) is 22.9. The SMILES string of the molecule is O=S(=O)(N/N=C\c1ccccc1OCc1ccccc1)c1ccc(Cl)cc1. The number of halogens is 1. The Kier molecular flexibility index (Phi) is 6.11. The van der Waals surface area contributed by atoms with E-state index in [1.165, 1.54) is 30.5 Å². The number of rotatable bonds is 7. The topological polar surface area (TPSA) is 67.8 Å². The minimum atomic E-state index is -3.76. The molecule has 0 fully saturated rings. The molecule has 0 aromatic heterocycles. The van der Waals surface area contributed by atoms with Crippen LogP contribution in [0.5, 0.6) is 5.75 Å². The molecule has 7 heteroatoms. The summed E-state index contributed by atoms with van der Waals surface area (Å²) < 4.78 is 30.3. The monoisotopic (exact) mass is 400 g/mol. The lowest BCUT2D eigenvalue weighted by Gasteiger charge is -2.09. The average molecular weight is 401 g/mol. The Labute approximate surface area is 163 Å². The largest absolute Gasteiger partial charge is 0.488 e. The van der Waals surface area contributed by atoms with Crippen LogP contribution in [-0.2, 0) is 16.6 Å². The van der Waals surface area contributed by atoms with E-state index in [2.05, 4.69) is 9.93 Å². The van der Waals surface area contributed by atoms with Crippen LogP contribution in [0.2, 0.25) is 5.02 Å². The predicted octanol–water partition coefficient (Wildman–Crippen LogP) is 4.23. The van der Waals surface area contributed by atoms with Gasteiger partial charge in [0.25, 0.3) is 10.0 Å². The molecule has 27 heavy (non-hydrogen) atoms. The number of ether oxygens (including phenoxy) is 1. The maximum Gasteiger partial charge on any atom is 0.276 e. The summed E-state index contributed by atoms with van der Waals surface area (Å²) in [4.78, 5) is 2.27. The predicted molar refractivity (Wildman–Crippen MR) is 107 cm³/mol. The molecular weight excluding hydrogens is 384 g/mol. The number of nitrogens with zero attached hydrogens (tertiary/aromatic N) is 1. The van der Waals surface area contributed by atoms with Gasteiger partial charge in [0, 0.05) is 10.6 Å². The second-order valence-electron chi connectivity index (χ2n) is 5.62. The number of hydrogen-bond acceptors (Lipinski definition) is 4. The first kappa shape index (κ1) is 18.9. The third kappa shape index (κ3) is 5.32. The smallest absolute Gasteiger partial charge is 0.276 e. The molecule has 5 nitrogen and oxygen atoms in total. The van der Waals surface area contributed by atoms with Crippen molar-refractivity contribution in [2.75, 3.05) is 0 Å². The van der Waals surface area contributed by atoms with Crippen LogP contribution in [0.15, 0.2) is 88.9 Å². The van der Waals surface area contributed by atoms with Crippen LogP contribution in [0, 0.1) is 0 Å². The highest BCUT2D eigenvalue weighted by atomic mass is 35.5. The molecule has 138 valence electrons. The summed E-state index contributed by atoms with van der Waals surface area (Å²) in [7, 11) is -3.76. The lowest BCUT2D eigenvalue weighted by molar-refractivity contribution is 0.306. The maximum absolute atomic E-state index is 12.2. The zero-order chi connectivity index (χ0) is 19.1. The van der Waals surface area contributed by atoms with E-state index in [-0.39, 0.29) is 4.90 Å². The van der Waals surface area contributed by atoms with E-state index in [1.54, 1.807) is 12.1 Å². The normalized spacial score (nSPS) is 11.4. The molecule has 0 saturated heterocycles. The van der Waals surface area contributed by atoms with Crippen molar-refractivity contribution in [3.63, 3.8) is 0 Å². The fourth-order valence-corrected chi connectivity index (χ4v) is 3.20. The van der Waals surface area contributed by atoms with Gasteiger partial charge < -0.3 is 4.74 Å². The highest BCUT2D eigenvalue weighted by Crippen LogP contribution is 2.18. The van der Waals surface area contributed by atoms with Gasteiger partial charge >= 0.3 is 0 Å². The Bertz CT molecular complexity index is 1020. The molecular formula is C20H17ClN2O3S. The lowest BCUT2D eigenvalue weighted by Crippen LogP contribution is -2.18. The van der Waals surface area contributed by atoms with Crippen LogP contribution in [0.25, 0.3) is 0 Å². The van der Waals surface area contributed by atoms with Gasteiger partial charge in [-0.05, 0) is 42.0 Å². The molecule has 0 heterocycles. The molecule has 0 amide bonds. The van der Waals surface area contributed by atoms with E-state index in [0.717, 1.165) is 5.56 Å². The molecule has 0 saturated carbocycles. The van der Waals surface area contributed by atoms with Gasteiger partial charge in [0.15, 0.2) is 0 Å². The van der Waals surface area contributed by atoms with Crippen molar-refractivity contribution in [3.05, 3.63) is 95.0 Å². The van der Waals surface area contributed by atoms with Crippen LogP contribution in [0.4, 0.5) is 0 Å². The second kappa shape index (κ2) is 8.70. The third-order valence-electron chi connectivity index (χ3n) is 3.66. The van der Waals surface area contributed by atoms with Gasteiger partial charge in [-0.25, -0.2) is 4.83 Å². The van der Waals surface area contributed by atoms with Gasteiger partial charge in [0.05, 0.1) is 11.1 Å². The number of sulfonamides is 1. The molecule has 1 N–H and O–H groups in total. The number of hydrogen-bond donors (Lipinski definition) is 1. The van der Waals surface area contributed by atoms with Crippen molar-refractivity contribution >= 4 is 27.8 Å². The minimum absolute atomic E-state index is 0.0812. The number of benzene rings is 3. The van der Waals surface area contributed by atoms with Crippen LogP contribution in [0.1, 0.15) is 11.1 Å². The molecule has 3 rings (SSSR count). The highest BCUT2D eigenvalue weighted by molar-refractivity contribution is 7.89. The van der Waals surface area contributed by atoms with Crippen LogP contribution in [-0.4, -0.2) is 14.6 Å². The third-order valence-corrected chi connectivity index (χ3v) is 5.15. The quantitative estimate of drug-likeness (QED) is 0.476. The first-order valence-corrected chi connectivity index (χ1v) is 9.97.